The van der Waals surface area contributed by atoms with Crippen LogP contribution in [-0.4, -0.2) is 51.0 Å². The molecule has 1 atom stereocenters. The van der Waals surface area contributed by atoms with Gasteiger partial charge in [-0.2, -0.15) is 0 Å². The molecule has 1 N–H and O–H groups in total. The molecule has 0 aromatic heterocycles. The van der Waals surface area contributed by atoms with E-state index in [1.807, 2.05) is 32.9 Å². The van der Waals surface area contributed by atoms with E-state index in [0.717, 1.165) is 11.1 Å². The lowest BCUT2D eigenvalue weighted by atomic mass is 9.99. The average Bonchev–Trinajstić information content (AvgIpc) is 2.77. The fourth-order valence-electron chi connectivity index (χ4n) is 3.90. The second-order valence-electron chi connectivity index (χ2n) is 7.46. The van der Waals surface area contributed by atoms with Gasteiger partial charge in [0, 0.05) is 18.7 Å². The summed E-state index contributed by atoms with van der Waals surface area (Å²) in [7, 11) is 4.47. The van der Waals surface area contributed by atoms with Gasteiger partial charge in [0.05, 0.1) is 38.7 Å². The van der Waals surface area contributed by atoms with Crippen LogP contribution < -0.4 is 24.0 Å². The molecule has 0 radical (unpaired) electrons. The number of methoxy groups -OCH3 is 3. The van der Waals surface area contributed by atoms with Gasteiger partial charge in [0.1, 0.15) is 22.8 Å². The van der Waals surface area contributed by atoms with Gasteiger partial charge in [-0.15, -0.1) is 0 Å². The zero-order chi connectivity index (χ0) is 22.9. The number of anilines is 2. The molecule has 3 rings (SSSR count). The number of aryl methyl sites for hydroxylation is 2. The lowest BCUT2D eigenvalue weighted by Gasteiger charge is -2.41. The number of benzene rings is 2. The van der Waals surface area contributed by atoms with Gasteiger partial charge in [-0.1, -0.05) is 6.92 Å². The first-order valence-corrected chi connectivity index (χ1v) is 10.0. The van der Waals surface area contributed by atoms with Crippen molar-refractivity contribution in [3.63, 3.8) is 0 Å². The zero-order valence-electron chi connectivity index (χ0n) is 18.7. The van der Waals surface area contributed by atoms with Crippen molar-refractivity contribution in [2.45, 2.75) is 33.2 Å². The van der Waals surface area contributed by atoms with E-state index in [9.17, 15) is 14.7 Å². The molecule has 31 heavy (non-hydrogen) atoms. The highest BCUT2D eigenvalue weighted by atomic mass is 16.5. The summed E-state index contributed by atoms with van der Waals surface area (Å²) in [6.45, 7) is 5.98. The summed E-state index contributed by atoms with van der Waals surface area (Å²) < 4.78 is 16.2. The predicted molar refractivity (Wildman–Crippen MR) is 118 cm³/mol. The summed E-state index contributed by atoms with van der Waals surface area (Å²) in [5, 5.41) is 9.88. The van der Waals surface area contributed by atoms with Crippen molar-refractivity contribution in [2.24, 2.45) is 0 Å². The molecule has 0 fully saturated rings. The third-order valence-corrected chi connectivity index (χ3v) is 5.75. The molecule has 1 aliphatic heterocycles. The first-order valence-electron chi connectivity index (χ1n) is 10.0. The van der Waals surface area contributed by atoms with Crippen LogP contribution in [-0.2, 0) is 0 Å². The van der Waals surface area contributed by atoms with Gasteiger partial charge in [-0.3, -0.25) is 9.69 Å². The van der Waals surface area contributed by atoms with Gasteiger partial charge < -0.3 is 24.2 Å². The topological polar surface area (TPSA) is 88.5 Å². The normalized spacial score (nSPS) is 15.4. The molecule has 2 aromatic carbocycles. The minimum atomic E-state index is -1.04. The van der Waals surface area contributed by atoms with Crippen LogP contribution in [0.25, 0.3) is 0 Å². The molecule has 0 aliphatic carbocycles. The van der Waals surface area contributed by atoms with Crippen LogP contribution in [0, 0.1) is 13.8 Å². The highest BCUT2D eigenvalue weighted by Crippen LogP contribution is 2.42. The summed E-state index contributed by atoms with van der Waals surface area (Å²) in [5.41, 5.74) is 3.21. The maximum Gasteiger partial charge on any atom is 0.412 e. The number of ether oxygens (including phenoxy) is 3. The molecule has 0 saturated carbocycles. The van der Waals surface area contributed by atoms with Gasteiger partial charge >= 0.3 is 6.09 Å². The SMILES string of the molecule is CCC1CN(C(=O)c2c(OC)cc(OC)cc2OC)c2cc(C)c(C)cc2N1C(=O)O. The van der Waals surface area contributed by atoms with Crippen molar-refractivity contribution in [1.29, 1.82) is 0 Å². The van der Waals surface area contributed by atoms with Crippen molar-refractivity contribution < 1.29 is 28.9 Å². The minimum Gasteiger partial charge on any atom is -0.496 e. The molecule has 1 unspecified atom stereocenters. The van der Waals surface area contributed by atoms with Gasteiger partial charge in [0.2, 0.25) is 0 Å². The van der Waals surface area contributed by atoms with Crippen LogP contribution in [0.3, 0.4) is 0 Å². The van der Waals surface area contributed by atoms with Gasteiger partial charge in [0.25, 0.3) is 5.91 Å². The molecule has 1 heterocycles. The Morgan fingerprint density at radius 3 is 1.97 bits per heavy atom. The quantitative estimate of drug-likeness (QED) is 0.766. The van der Waals surface area contributed by atoms with Crippen molar-refractivity contribution >= 4 is 23.4 Å². The number of rotatable bonds is 5. The summed E-state index contributed by atoms with van der Waals surface area (Å²) in [6, 6.07) is 6.55. The summed E-state index contributed by atoms with van der Waals surface area (Å²) in [5.74, 6) is 0.809. The van der Waals surface area contributed by atoms with Crippen LogP contribution in [0.15, 0.2) is 24.3 Å². The van der Waals surface area contributed by atoms with Gasteiger partial charge in [-0.25, -0.2) is 4.79 Å². The first-order chi connectivity index (χ1) is 14.8. The minimum absolute atomic E-state index is 0.218. The van der Waals surface area contributed by atoms with Crippen LogP contribution in [0.5, 0.6) is 17.2 Å². The van der Waals surface area contributed by atoms with Crippen molar-refractivity contribution in [1.82, 2.24) is 0 Å². The van der Waals surface area contributed by atoms with Gasteiger partial charge in [0.15, 0.2) is 0 Å². The second kappa shape index (κ2) is 8.75. The fourth-order valence-corrected chi connectivity index (χ4v) is 3.90. The summed E-state index contributed by atoms with van der Waals surface area (Å²) in [4.78, 5) is 28.9. The molecule has 1 aliphatic rings. The van der Waals surface area contributed by atoms with E-state index < -0.39 is 6.09 Å². The van der Waals surface area contributed by atoms with Crippen LogP contribution in [0.2, 0.25) is 0 Å². The van der Waals surface area contributed by atoms with E-state index in [2.05, 4.69) is 0 Å². The zero-order valence-corrected chi connectivity index (χ0v) is 18.7. The van der Waals surface area contributed by atoms with Crippen molar-refractivity contribution in [2.75, 3.05) is 37.7 Å². The number of carbonyl (C=O) groups excluding carboxylic acids is 1. The van der Waals surface area contributed by atoms with E-state index in [-0.39, 0.29) is 24.1 Å². The Labute approximate surface area is 181 Å². The molecule has 0 spiro atoms. The van der Waals surface area contributed by atoms with Crippen LogP contribution in [0.4, 0.5) is 16.2 Å². The number of amides is 2. The van der Waals surface area contributed by atoms with E-state index in [0.29, 0.717) is 35.0 Å². The molecule has 0 bridgehead atoms. The Morgan fingerprint density at radius 1 is 0.968 bits per heavy atom. The Kier molecular flexibility index (Phi) is 6.29. The van der Waals surface area contributed by atoms with E-state index in [1.54, 1.807) is 17.0 Å². The maximum absolute atomic E-state index is 13.8. The Morgan fingerprint density at radius 2 is 1.52 bits per heavy atom. The van der Waals surface area contributed by atoms with Crippen molar-refractivity contribution in [3.8, 4) is 17.2 Å². The number of hydrogen-bond donors (Lipinski definition) is 1. The summed E-state index contributed by atoms with van der Waals surface area (Å²) >= 11 is 0. The molecule has 2 aromatic rings. The number of carboxylic acid groups (broad SMARTS) is 1. The highest BCUT2D eigenvalue weighted by Gasteiger charge is 2.38. The van der Waals surface area contributed by atoms with E-state index in [1.165, 1.54) is 26.2 Å². The molecule has 0 saturated heterocycles. The molecule has 8 heteroatoms. The molecular weight excluding hydrogens is 400 g/mol. The van der Waals surface area contributed by atoms with Crippen LogP contribution in [0.1, 0.15) is 34.8 Å². The molecular formula is C23H28N2O6. The second-order valence-corrected chi connectivity index (χ2v) is 7.46. The lowest BCUT2D eigenvalue weighted by molar-refractivity contribution is 0.0976. The third kappa shape index (κ3) is 3.85. The monoisotopic (exact) mass is 428 g/mol. The number of hydrogen-bond acceptors (Lipinski definition) is 5. The van der Waals surface area contributed by atoms with E-state index in [4.69, 9.17) is 14.2 Å². The van der Waals surface area contributed by atoms with Gasteiger partial charge in [-0.05, 0) is 43.5 Å². The number of fused-ring (bicyclic) bond motifs is 1. The standard InChI is InChI=1S/C23H28N2O6/c1-7-15-12-24(17-8-13(2)14(3)9-18(17)25(15)23(27)28)22(26)21-19(30-5)10-16(29-4)11-20(21)31-6/h8-11,15H,7,12H2,1-6H3,(H,27,28). The largest absolute Gasteiger partial charge is 0.496 e. The lowest BCUT2D eigenvalue weighted by Crippen LogP contribution is -2.52. The predicted octanol–water partition coefficient (Wildman–Crippen LogP) is 4.25. The Hall–Kier alpha value is -3.42. The van der Waals surface area contributed by atoms with E-state index >= 15 is 0 Å². The maximum atomic E-state index is 13.8. The molecule has 8 nitrogen and oxygen atoms in total. The van der Waals surface area contributed by atoms with Crippen molar-refractivity contribution in [3.05, 3.63) is 41.0 Å². The molecule has 166 valence electrons. The number of carbonyl (C=O) groups is 2. The Balaban J connectivity index is 2.22. The third-order valence-electron chi connectivity index (χ3n) is 5.75. The number of nitrogens with zero attached hydrogens (tertiary/aromatic N) is 2. The Bertz CT molecular complexity index is 994. The smallest absolute Gasteiger partial charge is 0.412 e. The first kappa shape index (κ1) is 22.3. The summed E-state index contributed by atoms with van der Waals surface area (Å²) in [6.07, 6.45) is -0.484. The van der Waals surface area contributed by atoms with Crippen LogP contribution >= 0.6 is 0 Å². The average molecular weight is 428 g/mol. The highest BCUT2D eigenvalue weighted by molar-refractivity contribution is 6.13. The molecule has 2 amide bonds. The fraction of sp³-hybridized carbons (Fsp3) is 0.391.